The number of aromatic nitrogens is 2. The number of ether oxygens (including phenoxy) is 2. The van der Waals surface area contributed by atoms with Crippen LogP contribution in [0.1, 0.15) is 31.3 Å². The SMILES string of the molecule is CCOCc1cc(C2OC(C)C(N)C2O)n[nH]1. The van der Waals surface area contributed by atoms with Crippen molar-refractivity contribution in [2.75, 3.05) is 6.61 Å². The second-order valence-corrected chi connectivity index (χ2v) is 4.28. The molecule has 1 aliphatic rings. The van der Waals surface area contributed by atoms with Crippen LogP contribution in [-0.4, -0.2) is 40.2 Å². The van der Waals surface area contributed by atoms with E-state index in [9.17, 15) is 5.11 Å². The minimum Gasteiger partial charge on any atom is -0.388 e. The molecule has 6 nitrogen and oxygen atoms in total. The minimum atomic E-state index is -0.715. The Morgan fingerprint density at radius 3 is 3.00 bits per heavy atom. The van der Waals surface area contributed by atoms with Crippen LogP contribution < -0.4 is 5.73 Å². The highest BCUT2D eigenvalue weighted by molar-refractivity contribution is 5.15. The van der Waals surface area contributed by atoms with Crippen molar-refractivity contribution in [3.63, 3.8) is 0 Å². The van der Waals surface area contributed by atoms with Gasteiger partial charge >= 0.3 is 0 Å². The highest BCUT2D eigenvalue weighted by Crippen LogP contribution is 2.31. The first-order chi connectivity index (χ1) is 8.13. The molecule has 4 atom stereocenters. The summed E-state index contributed by atoms with van der Waals surface area (Å²) in [6, 6.07) is 1.47. The number of nitrogens with two attached hydrogens (primary N) is 1. The highest BCUT2D eigenvalue weighted by atomic mass is 16.5. The van der Waals surface area contributed by atoms with Crippen LogP contribution in [0.3, 0.4) is 0 Å². The summed E-state index contributed by atoms with van der Waals surface area (Å²) in [5, 5.41) is 16.9. The van der Waals surface area contributed by atoms with Gasteiger partial charge in [-0.1, -0.05) is 0 Å². The lowest BCUT2D eigenvalue weighted by atomic mass is 10.0. The number of aliphatic hydroxyl groups excluding tert-OH is 1. The number of H-pyrrole nitrogens is 1. The second kappa shape index (κ2) is 5.14. The number of hydrogen-bond acceptors (Lipinski definition) is 5. The van der Waals surface area contributed by atoms with Crippen molar-refractivity contribution in [2.45, 2.75) is 44.8 Å². The first kappa shape index (κ1) is 12.5. The summed E-state index contributed by atoms with van der Waals surface area (Å²) < 4.78 is 10.9. The topological polar surface area (TPSA) is 93.4 Å². The van der Waals surface area contributed by atoms with Gasteiger partial charge in [0.2, 0.25) is 0 Å². The van der Waals surface area contributed by atoms with E-state index in [4.69, 9.17) is 15.2 Å². The fourth-order valence-electron chi connectivity index (χ4n) is 1.94. The predicted octanol–water partition coefficient (Wildman–Crippen LogP) is 0.0942. The molecular formula is C11H19N3O3. The Morgan fingerprint density at radius 1 is 1.65 bits per heavy atom. The molecule has 6 heteroatoms. The van der Waals surface area contributed by atoms with E-state index in [1.54, 1.807) is 0 Å². The molecule has 0 spiro atoms. The smallest absolute Gasteiger partial charge is 0.129 e. The van der Waals surface area contributed by atoms with E-state index < -0.39 is 12.2 Å². The van der Waals surface area contributed by atoms with E-state index in [0.29, 0.717) is 18.9 Å². The zero-order valence-corrected chi connectivity index (χ0v) is 10.1. The van der Waals surface area contributed by atoms with E-state index in [2.05, 4.69) is 10.2 Å². The Kier molecular flexibility index (Phi) is 3.78. The third-order valence-electron chi connectivity index (χ3n) is 3.01. The van der Waals surface area contributed by atoms with Crippen LogP contribution in [-0.2, 0) is 16.1 Å². The van der Waals surface area contributed by atoms with Crippen LogP contribution in [0.2, 0.25) is 0 Å². The average Bonchev–Trinajstić information content (AvgIpc) is 2.87. The van der Waals surface area contributed by atoms with Gasteiger partial charge in [-0.3, -0.25) is 5.10 Å². The lowest BCUT2D eigenvalue weighted by Gasteiger charge is -2.12. The van der Waals surface area contributed by atoms with Crippen LogP contribution in [0.5, 0.6) is 0 Å². The minimum absolute atomic E-state index is 0.165. The van der Waals surface area contributed by atoms with Gasteiger partial charge < -0.3 is 20.3 Å². The van der Waals surface area contributed by atoms with Crippen molar-refractivity contribution in [2.24, 2.45) is 5.73 Å². The molecule has 4 N–H and O–H groups in total. The molecule has 0 amide bonds. The molecule has 17 heavy (non-hydrogen) atoms. The Hall–Kier alpha value is -0.950. The zero-order valence-electron chi connectivity index (χ0n) is 10.1. The number of nitrogens with one attached hydrogen (secondary N) is 1. The zero-order chi connectivity index (χ0) is 12.4. The second-order valence-electron chi connectivity index (χ2n) is 4.28. The lowest BCUT2D eigenvalue weighted by Crippen LogP contribution is -2.37. The van der Waals surface area contributed by atoms with Crippen LogP contribution in [0, 0.1) is 0 Å². The van der Waals surface area contributed by atoms with E-state index in [0.717, 1.165) is 5.69 Å². The first-order valence-electron chi connectivity index (χ1n) is 5.84. The number of hydrogen-bond donors (Lipinski definition) is 3. The summed E-state index contributed by atoms with van der Waals surface area (Å²) in [6.07, 6.45) is -1.33. The van der Waals surface area contributed by atoms with Crippen molar-refractivity contribution in [3.05, 3.63) is 17.5 Å². The number of nitrogens with zero attached hydrogens (tertiary/aromatic N) is 1. The van der Waals surface area contributed by atoms with Crippen LogP contribution in [0.25, 0.3) is 0 Å². The summed E-state index contributed by atoms with van der Waals surface area (Å²) in [5.41, 5.74) is 7.34. The maximum atomic E-state index is 9.93. The van der Waals surface area contributed by atoms with Crippen molar-refractivity contribution in [1.82, 2.24) is 10.2 Å². The van der Waals surface area contributed by atoms with Gasteiger partial charge in [-0.05, 0) is 19.9 Å². The molecular weight excluding hydrogens is 222 g/mol. The summed E-state index contributed by atoms with van der Waals surface area (Å²) in [5.74, 6) is 0. The Balaban J connectivity index is 2.05. The quantitative estimate of drug-likeness (QED) is 0.695. The summed E-state index contributed by atoms with van der Waals surface area (Å²) in [6.45, 7) is 4.91. The molecule has 1 saturated heterocycles. The molecule has 2 heterocycles. The fourth-order valence-corrected chi connectivity index (χ4v) is 1.94. The van der Waals surface area contributed by atoms with E-state index in [-0.39, 0.29) is 12.1 Å². The maximum absolute atomic E-state index is 9.93. The van der Waals surface area contributed by atoms with Crippen LogP contribution in [0.15, 0.2) is 6.07 Å². The molecule has 4 unspecified atom stereocenters. The Labute approximate surface area is 100 Å². The first-order valence-corrected chi connectivity index (χ1v) is 5.84. The standard InChI is InChI=1S/C11H19N3O3/c1-3-16-5-7-4-8(14-13-7)11-10(15)9(12)6(2)17-11/h4,6,9-11,15H,3,5,12H2,1-2H3,(H,13,14). The molecule has 0 saturated carbocycles. The third-order valence-corrected chi connectivity index (χ3v) is 3.01. The summed E-state index contributed by atoms with van der Waals surface area (Å²) >= 11 is 0. The van der Waals surface area contributed by atoms with Gasteiger partial charge in [0.25, 0.3) is 0 Å². The van der Waals surface area contributed by atoms with Gasteiger partial charge in [0.15, 0.2) is 0 Å². The predicted molar refractivity (Wildman–Crippen MR) is 61.2 cm³/mol. The van der Waals surface area contributed by atoms with Gasteiger partial charge in [0, 0.05) is 6.61 Å². The molecule has 1 aromatic rings. The normalized spacial score (nSPS) is 33.2. The fraction of sp³-hybridized carbons (Fsp3) is 0.727. The monoisotopic (exact) mass is 241 g/mol. The van der Waals surface area contributed by atoms with Gasteiger partial charge in [-0.2, -0.15) is 5.10 Å². The molecule has 1 fully saturated rings. The molecule has 0 bridgehead atoms. The molecule has 2 rings (SSSR count). The van der Waals surface area contributed by atoms with Crippen molar-refractivity contribution in [1.29, 1.82) is 0 Å². The maximum Gasteiger partial charge on any atom is 0.129 e. The average molecular weight is 241 g/mol. The summed E-state index contributed by atoms with van der Waals surface area (Å²) in [7, 11) is 0. The lowest BCUT2D eigenvalue weighted by molar-refractivity contribution is 0.0125. The van der Waals surface area contributed by atoms with Crippen LogP contribution >= 0.6 is 0 Å². The van der Waals surface area contributed by atoms with E-state index in [1.807, 2.05) is 19.9 Å². The molecule has 0 aliphatic carbocycles. The van der Waals surface area contributed by atoms with E-state index >= 15 is 0 Å². The molecule has 96 valence electrons. The number of aliphatic hydroxyl groups is 1. The third kappa shape index (κ3) is 2.50. The Morgan fingerprint density at radius 2 is 2.41 bits per heavy atom. The van der Waals surface area contributed by atoms with E-state index in [1.165, 1.54) is 0 Å². The molecule has 0 aromatic carbocycles. The number of rotatable bonds is 4. The van der Waals surface area contributed by atoms with Gasteiger partial charge in [0.1, 0.15) is 12.2 Å². The highest BCUT2D eigenvalue weighted by Gasteiger charge is 2.40. The molecule has 1 aromatic heterocycles. The number of aromatic amines is 1. The van der Waals surface area contributed by atoms with Crippen molar-refractivity contribution in [3.8, 4) is 0 Å². The molecule has 0 radical (unpaired) electrons. The molecule has 1 aliphatic heterocycles. The van der Waals surface area contributed by atoms with Gasteiger partial charge in [-0.15, -0.1) is 0 Å². The summed E-state index contributed by atoms with van der Waals surface area (Å²) in [4.78, 5) is 0. The van der Waals surface area contributed by atoms with Crippen molar-refractivity contribution < 1.29 is 14.6 Å². The van der Waals surface area contributed by atoms with Gasteiger partial charge in [0.05, 0.1) is 30.1 Å². The van der Waals surface area contributed by atoms with Crippen molar-refractivity contribution >= 4 is 0 Å². The van der Waals surface area contributed by atoms with Crippen LogP contribution in [0.4, 0.5) is 0 Å². The Bertz CT molecular complexity index is 369. The van der Waals surface area contributed by atoms with Gasteiger partial charge in [-0.25, -0.2) is 0 Å². The largest absolute Gasteiger partial charge is 0.388 e.